The van der Waals surface area contributed by atoms with Gasteiger partial charge in [-0.1, -0.05) is 26.7 Å². The lowest BCUT2D eigenvalue weighted by Crippen LogP contribution is -2.42. The second-order valence-electron chi connectivity index (χ2n) is 7.73. The number of hydrogen-bond donors (Lipinski definition) is 1. The molecule has 0 radical (unpaired) electrons. The van der Waals surface area contributed by atoms with Gasteiger partial charge in [0.25, 0.3) is 0 Å². The standard InChI is InChI=1S/C17H32N2/c1-13(2)9-14-5-3-7-16(10-14)19-11-15-6-4-8-18-17(15)12-19/h13-18H,3-12H2,1-2H3/t14?,15-,16?,17+/m0/s1. The molecule has 110 valence electrons. The lowest BCUT2D eigenvalue weighted by atomic mass is 9.80. The molecule has 2 saturated heterocycles. The number of nitrogens with one attached hydrogen (secondary N) is 1. The number of hydrogen-bond acceptors (Lipinski definition) is 2. The predicted octanol–water partition coefficient (Wildman–Crippen LogP) is 3.28. The van der Waals surface area contributed by atoms with Crippen LogP contribution in [0.3, 0.4) is 0 Å². The summed E-state index contributed by atoms with van der Waals surface area (Å²) in [7, 11) is 0. The third kappa shape index (κ3) is 3.33. The molecule has 0 bridgehead atoms. The van der Waals surface area contributed by atoms with Gasteiger partial charge in [0.15, 0.2) is 0 Å². The van der Waals surface area contributed by atoms with E-state index in [1.807, 2.05) is 0 Å². The molecule has 4 atom stereocenters. The van der Waals surface area contributed by atoms with Crippen LogP contribution in [0.25, 0.3) is 0 Å². The first-order valence-electron chi connectivity index (χ1n) is 8.70. The molecule has 0 spiro atoms. The Hall–Kier alpha value is -0.0800. The number of nitrogens with zero attached hydrogens (tertiary/aromatic N) is 1. The van der Waals surface area contributed by atoms with Crippen LogP contribution in [0.2, 0.25) is 0 Å². The molecule has 2 heteroatoms. The van der Waals surface area contributed by atoms with E-state index in [9.17, 15) is 0 Å². The molecule has 2 nitrogen and oxygen atoms in total. The Morgan fingerprint density at radius 1 is 1.11 bits per heavy atom. The van der Waals surface area contributed by atoms with Gasteiger partial charge in [-0.25, -0.2) is 0 Å². The number of fused-ring (bicyclic) bond motifs is 1. The number of piperidine rings is 1. The molecular weight excluding hydrogens is 232 g/mol. The Bertz CT molecular complexity index is 275. The Morgan fingerprint density at radius 3 is 2.79 bits per heavy atom. The third-order valence-electron chi connectivity index (χ3n) is 5.70. The fraction of sp³-hybridized carbons (Fsp3) is 1.00. The normalized spacial score (nSPS) is 40.6. The summed E-state index contributed by atoms with van der Waals surface area (Å²) in [5.41, 5.74) is 0. The third-order valence-corrected chi connectivity index (χ3v) is 5.70. The molecule has 2 heterocycles. The second kappa shape index (κ2) is 6.13. The zero-order chi connectivity index (χ0) is 13.2. The summed E-state index contributed by atoms with van der Waals surface area (Å²) in [5.74, 6) is 2.85. The molecule has 0 aromatic carbocycles. The zero-order valence-electron chi connectivity index (χ0n) is 12.9. The second-order valence-corrected chi connectivity index (χ2v) is 7.73. The van der Waals surface area contributed by atoms with Gasteiger partial charge in [-0.3, -0.25) is 4.90 Å². The largest absolute Gasteiger partial charge is 0.312 e. The average Bonchev–Trinajstić information content (AvgIpc) is 2.82. The van der Waals surface area contributed by atoms with Crippen molar-refractivity contribution in [3.05, 3.63) is 0 Å². The minimum absolute atomic E-state index is 0.819. The van der Waals surface area contributed by atoms with E-state index in [4.69, 9.17) is 0 Å². The van der Waals surface area contributed by atoms with Gasteiger partial charge in [0.1, 0.15) is 0 Å². The van der Waals surface area contributed by atoms with Gasteiger partial charge in [0, 0.05) is 25.2 Å². The molecule has 2 unspecified atom stereocenters. The van der Waals surface area contributed by atoms with Crippen molar-refractivity contribution in [2.45, 2.75) is 70.9 Å². The summed E-state index contributed by atoms with van der Waals surface area (Å²) < 4.78 is 0. The highest BCUT2D eigenvalue weighted by atomic mass is 15.2. The highest BCUT2D eigenvalue weighted by Gasteiger charge is 2.38. The summed E-state index contributed by atoms with van der Waals surface area (Å²) in [6.07, 6.45) is 10.2. The van der Waals surface area contributed by atoms with E-state index in [1.54, 1.807) is 0 Å². The summed E-state index contributed by atoms with van der Waals surface area (Å²) in [5, 5.41) is 3.75. The molecule has 19 heavy (non-hydrogen) atoms. The Morgan fingerprint density at radius 2 is 2.00 bits per heavy atom. The molecule has 0 aromatic rings. The smallest absolute Gasteiger partial charge is 0.0235 e. The zero-order valence-corrected chi connectivity index (χ0v) is 12.9. The van der Waals surface area contributed by atoms with Crippen LogP contribution in [0.15, 0.2) is 0 Å². The quantitative estimate of drug-likeness (QED) is 0.841. The molecular formula is C17H32N2. The van der Waals surface area contributed by atoms with Crippen molar-refractivity contribution in [1.29, 1.82) is 0 Å². The van der Waals surface area contributed by atoms with Crippen LogP contribution < -0.4 is 5.32 Å². The monoisotopic (exact) mass is 264 g/mol. The maximum Gasteiger partial charge on any atom is 0.0235 e. The first-order chi connectivity index (χ1) is 9.22. The Kier molecular flexibility index (Phi) is 4.48. The van der Waals surface area contributed by atoms with E-state index in [0.717, 1.165) is 29.8 Å². The maximum absolute atomic E-state index is 3.75. The van der Waals surface area contributed by atoms with E-state index >= 15 is 0 Å². The fourth-order valence-electron chi connectivity index (χ4n) is 4.85. The van der Waals surface area contributed by atoms with Gasteiger partial charge < -0.3 is 5.32 Å². The van der Waals surface area contributed by atoms with Gasteiger partial charge in [-0.05, 0) is 56.4 Å². The van der Waals surface area contributed by atoms with E-state index in [1.165, 1.54) is 64.6 Å². The van der Waals surface area contributed by atoms with Crippen molar-refractivity contribution in [1.82, 2.24) is 10.2 Å². The van der Waals surface area contributed by atoms with Crippen LogP contribution in [-0.2, 0) is 0 Å². The average molecular weight is 264 g/mol. The SMILES string of the molecule is CC(C)CC1CCCC(N2C[C@@H]3CCCN[C@@H]3C2)C1. The molecule has 3 fully saturated rings. The van der Waals surface area contributed by atoms with Crippen molar-refractivity contribution in [3.8, 4) is 0 Å². The van der Waals surface area contributed by atoms with Crippen molar-refractivity contribution in [2.24, 2.45) is 17.8 Å². The topological polar surface area (TPSA) is 15.3 Å². The molecule has 1 saturated carbocycles. The van der Waals surface area contributed by atoms with Crippen LogP contribution in [0.1, 0.15) is 58.8 Å². The van der Waals surface area contributed by atoms with Crippen LogP contribution in [0, 0.1) is 17.8 Å². The van der Waals surface area contributed by atoms with Crippen molar-refractivity contribution in [3.63, 3.8) is 0 Å². The van der Waals surface area contributed by atoms with E-state index < -0.39 is 0 Å². The maximum atomic E-state index is 3.75. The van der Waals surface area contributed by atoms with Gasteiger partial charge in [0.2, 0.25) is 0 Å². The number of rotatable bonds is 3. The minimum atomic E-state index is 0.819. The highest BCUT2D eigenvalue weighted by Crippen LogP contribution is 2.35. The van der Waals surface area contributed by atoms with Gasteiger partial charge in [0.05, 0.1) is 0 Å². The first kappa shape index (κ1) is 13.9. The summed E-state index contributed by atoms with van der Waals surface area (Å²) in [6, 6.07) is 1.73. The Balaban J connectivity index is 1.54. The minimum Gasteiger partial charge on any atom is -0.312 e. The van der Waals surface area contributed by atoms with Crippen molar-refractivity contribution in [2.75, 3.05) is 19.6 Å². The number of likely N-dealkylation sites (tertiary alicyclic amines) is 1. The summed E-state index contributed by atoms with van der Waals surface area (Å²) >= 11 is 0. The van der Waals surface area contributed by atoms with Crippen molar-refractivity contribution >= 4 is 0 Å². The summed E-state index contributed by atoms with van der Waals surface area (Å²) in [6.45, 7) is 8.76. The molecule has 0 amide bonds. The molecule has 2 aliphatic heterocycles. The van der Waals surface area contributed by atoms with E-state index in [0.29, 0.717) is 0 Å². The highest BCUT2D eigenvalue weighted by molar-refractivity contribution is 4.95. The van der Waals surface area contributed by atoms with Crippen LogP contribution in [0.5, 0.6) is 0 Å². The molecule has 3 rings (SSSR count). The van der Waals surface area contributed by atoms with Gasteiger partial charge >= 0.3 is 0 Å². The van der Waals surface area contributed by atoms with Gasteiger partial charge in [-0.2, -0.15) is 0 Å². The van der Waals surface area contributed by atoms with E-state index in [2.05, 4.69) is 24.1 Å². The first-order valence-corrected chi connectivity index (χ1v) is 8.70. The Labute approximate surface area is 119 Å². The van der Waals surface area contributed by atoms with Crippen LogP contribution in [0.4, 0.5) is 0 Å². The summed E-state index contributed by atoms with van der Waals surface area (Å²) in [4.78, 5) is 2.85. The lowest BCUT2D eigenvalue weighted by Gasteiger charge is -2.36. The lowest BCUT2D eigenvalue weighted by molar-refractivity contribution is 0.141. The molecule has 1 aliphatic carbocycles. The van der Waals surface area contributed by atoms with Crippen LogP contribution >= 0.6 is 0 Å². The van der Waals surface area contributed by atoms with E-state index in [-0.39, 0.29) is 0 Å². The van der Waals surface area contributed by atoms with Gasteiger partial charge in [-0.15, -0.1) is 0 Å². The molecule has 0 aromatic heterocycles. The fourth-order valence-corrected chi connectivity index (χ4v) is 4.85. The predicted molar refractivity (Wildman–Crippen MR) is 81.3 cm³/mol. The molecule has 1 N–H and O–H groups in total. The van der Waals surface area contributed by atoms with Crippen LogP contribution in [-0.4, -0.2) is 36.6 Å². The van der Waals surface area contributed by atoms with Crippen molar-refractivity contribution < 1.29 is 0 Å². The molecule has 3 aliphatic rings.